The molecule has 102 valence electrons. The van der Waals surface area contributed by atoms with Gasteiger partial charge < -0.3 is 10.5 Å². The van der Waals surface area contributed by atoms with Crippen molar-refractivity contribution in [3.8, 4) is 5.75 Å². The van der Waals surface area contributed by atoms with Crippen molar-refractivity contribution >= 4 is 0 Å². The maximum Gasteiger partial charge on any atom is 0.122 e. The lowest BCUT2D eigenvalue weighted by Crippen LogP contribution is -2.22. The average Bonchev–Trinajstić information content (AvgIpc) is 2.39. The molecule has 0 saturated carbocycles. The zero-order valence-corrected chi connectivity index (χ0v) is 12.2. The van der Waals surface area contributed by atoms with Crippen LogP contribution in [0.15, 0.2) is 18.2 Å². The van der Waals surface area contributed by atoms with Gasteiger partial charge in [0, 0.05) is 6.04 Å². The van der Waals surface area contributed by atoms with Gasteiger partial charge in [-0.05, 0) is 49.3 Å². The lowest BCUT2D eigenvalue weighted by atomic mass is 9.94. The molecule has 0 heterocycles. The van der Waals surface area contributed by atoms with E-state index in [0.29, 0.717) is 12.5 Å². The second-order valence-corrected chi connectivity index (χ2v) is 4.98. The molecule has 1 aromatic rings. The third-order valence-electron chi connectivity index (χ3n) is 3.57. The number of ether oxygens (including phenoxy) is 1. The van der Waals surface area contributed by atoms with Crippen LogP contribution < -0.4 is 10.5 Å². The SMILES string of the molecule is CCOc1ccc(C(C)CC)cc1CC(N)CC. The van der Waals surface area contributed by atoms with Gasteiger partial charge in [-0.25, -0.2) is 0 Å². The lowest BCUT2D eigenvalue weighted by Gasteiger charge is -2.17. The lowest BCUT2D eigenvalue weighted by molar-refractivity contribution is 0.335. The largest absolute Gasteiger partial charge is 0.494 e. The monoisotopic (exact) mass is 249 g/mol. The van der Waals surface area contributed by atoms with Gasteiger partial charge in [-0.1, -0.05) is 32.9 Å². The number of benzene rings is 1. The first kappa shape index (κ1) is 15.0. The molecule has 0 radical (unpaired) electrons. The van der Waals surface area contributed by atoms with Crippen LogP contribution in [0.25, 0.3) is 0 Å². The Morgan fingerprint density at radius 1 is 1.17 bits per heavy atom. The van der Waals surface area contributed by atoms with E-state index in [1.807, 2.05) is 6.92 Å². The topological polar surface area (TPSA) is 35.2 Å². The van der Waals surface area contributed by atoms with Gasteiger partial charge in [-0.3, -0.25) is 0 Å². The third-order valence-corrected chi connectivity index (χ3v) is 3.57. The van der Waals surface area contributed by atoms with Gasteiger partial charge >= 0.3 is 0 Å². The van der Waals surface area contributed by atoms with Crippen molar-refractivity contribution in [2.24, 2.45) is 5.73 Å². The van der Waals surface area contributed by atoms with Crippen LogP contribution >= 0.6 is 0 Å². The van der Waals surface area contributed by atoms with Crippen molar-refractivity contribution < 1.29 is 4.74 Å². The molecular weight excluding hydrogens is 222 g/mol. The highest BCUT2D eigenvalue weighted by Crippen LogP contribution is 2.27. The molecule has 2 atom stereocenters. The molecule has 2 unspecified atom stereocenters. The minimum absolute atomic E-state index is 0.219. The molecule has 0 fully saturated rings. The first-order chi connectivity index (χ1) is 8.62. The molecule has 0 spiro atoms. The number of nitrogens with two attached hydrogens (primary N) is 1. The van der Waals surface area contributed by atoms with Crippen molar-refractivity contribution in [2.75, 3.05) is 6.61 Å². The Hall–Kier alpha value is -1.02. The van der Waals surface area contributed by atoms with E-state index < -0.39 is 0 Å². The van der Waals surface area contributed by atoms with Gasteiger partial charge in [0.15, 0.2) is 0 Å². The van der Waals surface area contributed by atoms with Crippen molar-refractivity contribution in [2.45, 2.75) is 58.9 Å². The average molecular weight is 249 g/mol. The number of hydrogen-bond donors (Lipinski definition) is 1. The molecule has 18 heavy (non-hydrogen) atoms. The first-order valence-corrected chi connectivity index (χ1v) is 7.13. The summed E-state index contributed by atoms with van der Waals surface area (Å²) in [5.41, 5.74) is 8.72. The van der Waals surface area contributed by atoms with Crippen LogP contribution in [0, 0.1) is 0 Å². The highest BCUT2D eigenvalue weighted by atomic mass is 16.5. The maximum atomic E-state index is 6.07. The summed E-state index contributed by atoms with van der Waals surface area (Å²) in [6.45, 7) is 9.34. The molecule has 0 aliphatic carbocycles. The van der Waals surface area contributed by atoms with Crippen molar-refractivity contribution in [3.63, 3.8) is 0 Å². The molecular formula is C16H27NO. The van der Waals surface area contributed by atoms with E-state index >= 15 is 0 Å². The quantitative estimate of drug-likeness (QED) is 0.796. The fourth-order valence-corrected chi connectivity index (χ4v) is 2.02. The Balaban J connectivity index is 2.99. The van der Waals surface area contributed by atoms with E-state index in [9.17, 15) is 0 Å². The highest BCUT2D eigenvalue weighted by Gasteiger charge is 2.11. The molecule has 0 aliphatic heterocycles. The molecule has 0 aliphatic rings. The summed E-state index contributed by atoms with van der Waals surface area (Å²) in [6, 6.07) is 6.77. The van der Waals surface area contributed by atoms with Crippen LogP contribution in [0.5, 0.6) is 5.75 Å². The molecule has 1 rings (SSSR count). The van der Waals surface area contributed by atoms with Gasteiger partial charge in [0.2, 0.25) is 0 Å². The van der Waals surface area contributed by atoms with Crippen molar-refractivity contribution in [1.29, 1.82) is 0 Å². The van der Waals surface area contributed by atoms with Crippen LogP contribution in [-0.4, -0.2) is 12.6 Å². The predicted molar refractivity (Wildman–Crippen MR) is 78.3 cm³/mol. The highest BCUT2D eigenvalue weighted by molar-refractivity contribution is 5.39. The van der Waals surface area contributed by atoms with E-state index in [-0.39, 0.29) is 6.04 Å². The summed E-state index contributed by atoms with van der Waals surface area (Å²) < 4.78 is 5.70. The molecule has 2 heteroatoms. The van der Waals surface area contributed by atoms with Gasteiger partial charge in [0.05, 0.1) is 6.61 Å². The van der Waals surface area contributed by atoms with Gasteiger partial charge in [-0.15, -0.1) is 0 Å². The molecule has 0 amide bonds. The molecule has 0 saturated heterocycles. The molecule has 0 aromatic heterocycles. The Bertz CT molecular complexity index is 362. The van der Waals surface area contributed by atoms with Crippen molar-refractivity contribution in [3.05, 3.63) is 29.3 Å². The number of rotatable bonds is 7. The summed E-state index contributed by atoms with van der Waals surface area (Å²) in [5, 5.41) is 0. The van der Waals surface area contributed by atoms with E-state index in [2.05, 4.69) is 39.0 Å². The van der Waals surface area contributed by atoms with Gasteiger partial charge in [0.1, 0.15) is 5.75 Å². The first-order valence-electron chi connectivity index (χ1n) is 7.13. The fraction of sp³-hybridized carbons (Fsp3) is 0.625. The predicted octanol–water partition coefficient (Wildman–Crippen LogP) is 3.88. The Morgan fingerprint density at radius 2 is 1.89 bits per heavy atom. The summed E-state index contributed by atoms with van der Waals surface area (Å²) in [7, 11) is 0. The number of hydrogen-bond acceptors (Lipinski definition) is 2. The van der Waals surface area contributed by atoms with E-state index in [1.54, 1.807) is 0 Å². The summed E-state index contributed by atoms with van der Waals surface area (Å²) in [4.78, 5) is 0. The second-order valence-electron chi connectivity index (χ2n) is 4.98. The van der Waals surface area contributed by atoms with Crippen molar-refractivity contribution in [1.82, 2.24) is 0 Å². The molecule has 0 bridgehead atoms. The Kier molecular flexibility index (Phi) is 6.20. The van der Waals surface area contributed by atoms with Crippen LogP contribution in [0.4, 0.5) is 0 Å². The summed E-state index contributed by atoms with van der Waals surface area (Å²) >= 11 is 0. The van der Waals surface area contributed by atoms with Gasteiger partial charge in [0.25, 0.3) is 0 Å². The zero-order valence-electron chi connectivity index (χ0n) is 12.2. The van der Waals surface area contributed by atoms with E-state index in [1.165, 1.54) is 11.1 Å². The Labute approximate surface area is 112 Å². The summed E-state index contributed by atoms with van der Waals surface area (Å²) in [5.74, 6) is 1.59. The second kappa shape index (κ2) is 7.42. The third kappa shape index (κ3) is 4.02. The standard InChI is InChI=1S/C16H27NO/c1-5-12(4)13-8-9-16(18-7-3)14(10-13)11-15(17)6-2/h8-10,12,15H,5-7,11,17H2,1-4H3. The van der Waals surface area contributed by atoms with Crippen LogP contribution in [0.1, 0.15) is 57.6 Å². The summed E-state index contributed by atoms with van der Waals surface area (Å²) in [6.07, 6.45) is 3.06. The van der Waals surface area contributed by atoms with E-state index in [4.69, 9.17) is 10.5 Å². The zero-order chi connectivity index (χ0) is 13.5. The fourth-order valence-electron chi connectivity index (χ4n) is 2.02. The van der Waals surface area contributed by atoms with Crippen LogP contribution in [-0.2, 0) is 6.42 Å². The minimum atomic E-state index is 0.219. The van der Waals surface area contributed by atoms with Crippen LogP contribution in [0.2, 0.25) is 0 Å². The minimum Gasteiger partial charge on any atom is -0.494 e. The Morgan fingerprint density at radius 3 is 2.44 bits per heavy atom. The van der Waals surface area contributed by atoms with Crippen LogP contribution in [0.3, 0.4) is 0 Å². The molecule has 2 N–H and O–H groups in total. The maximum absolute atomic E-state index is 6.07. The molecule has 1 aromatic carbocycles. The normalized spacial score (nSPS) is 14.3. The molecule has 2 nitrogen and oxygen atoms in total. The van der Waals surface area contributed by atoms with E-state index in [0.717, 1.165) is 25.0 Å². The smallest absolute Gasteiger partial charge is 0.122 e. The van der Waals surface area contributed by atoms with Gasteiger partial charge in [-0.2, -0.15) is 0 Å².